The van der Waals surface area contributed by atoms with Crippen molar-refractivity contribution in [3.05, 3.63) is 0 Å². The number of carbonyl (C=O) groups excluding carboxylic acids is 1. The lowest BCUT2D eigenvalue weighted by molar-refractivity contribution is -0.170. The van der Waals surface area contributed by atoms with E-state index in [1.165, 1.54) is 0 Å². The molecule has 1 spiro atoms. The summed E-state index contributed by atoms with van der Waals surface area (Å²) in [7, 11) is 0. The van der Waals surface area contributed by atoms with Gasteiger partial charge in [0, 0.05) is 11.6 Å². The van der Waals surface area contributed by atoms with Gasteiger partial charge in [0.2, 0.25) is 0 Å². The highest BCUT2D eigenvalue weighted by Crippen LogP contribution is 2.38. The molecule has 0 radical (unpaired) electrons. The van der Waals surface area contributed by atoms with E-state index >= 15 is 0 Å². The predicted molar refractivity (Wildman–Crippen MR) is 56.7 cm³/mol. The van der Waals surface area contributed by atoms with Crippen LogP contribution < -0.4 is 10.6 Å². The van der Waals surface area contributed by atoms with Gasteiger partial charge in [0.1, 0.15) is 0 Å². The SMILES string of the molecule is O=C(NC1CCNC2(CCC2)C1)C(F)(F)C(F)F. The van der Waals surface area contributed by atoms with Crippen molar-refractivity contribution in [3.8, 4) is 0 Å². The number of amides is 1. The van der Waals surface area contributed by atoms with Gasteiger partial charge in [0.25, 0.3) is 5.91 Å². The lowest BCUT2D eigenvalue weighted by atomic mass is 9.70. The molecule has 1 aliphatic heterocycles. The van der Waals surface area contributed by atoms with Crippen molar-refractivity contribution in [2.24, 2.45) is 0 Å². The maximum absolute atomic E-state index is 12.8. The van der Waals surface area contributed by atoms with Crippen LogP contribution in [-0.4, -0.2) is 36.4 Å². The highest BCUT2D eigenvalue weighted by Gasteiger charge is 2.50. The van der Waals surface area contributed by atoms with Crippen LogP contribution in [0.4, 0.5) is 17.6 Å². The second-order valence-corrected chi connectivity index (χ2v) is 5.15. The summed E-state index contributed by atoms with van der Waals surface area (Å²) < 4.78 is 49.7. The van der Waals surface area contributed by atoms with Crippen LogP contribution in [0.15, 0.2) is 0 Å². The van der Waals surface area contributed by atoms with E-state index in [2.05, 4.69) is 10.6 Å². The number of hydrogen-bond donors (Lipinski definition) is 2. The van der Waals surface area contributed by atoms with Gasteiger partial charge in [0.05, 0.1) is 0 Å². The van der Waals surface area contributed by atoms with Crippen LogP contribution in [0.2, 0.25) is 0 Å². The zero-order chi connectivity index (χ0) is 13.4. The van der Waals surface area contributed by atoms with Crippen molar-refractivity contribution in [2.75, 3.05) is 6.54 Å². The van der Waals surface area contributed by atoms with E-state index in [1.807, 2.05) is 0 Å². The summed E-state index contributed by atoms with van der Waals surface area (Å²) >= 11 is 0. The molecule has 1 heterocycles. The Labute approximate surface area is 102 Å². The largest absolute Gasteiger partial charge is 0.383 e. The molecular weight excluding hydrogens is 252 g/mol. The molecule has 1 unspecified atom stereocenters. The maximum Gasteiger partial charge on any atom is 0.383 e. The summed E-state index contributed by atoms with van der Waals surface area (Å²) in [6, 6.07) is -0.441. The lowest BCUT2D eigenvalue weighted by Gasteiger charge is -2.48. The molecule has 1 amide bonds. The van der Waals surface area contributed by atoms with Gasteiger partial charge in [0.15, 0.2) is 0 Å². The molecule has 1 saturated carbocycles. The van der Waals surface area contributed by atoms with Gasteiger partial charge in [-0.15, -0.1) is 0 Å². The summed E-state index contributed by atoms with van der Waals surface area (Å²) in [5.74, 6) is -6.46. The van der Waals surface area contributed by atoms with Crippen LogP contribution in [-0.2, 0) is 4.79 Å². The van der Waals surface area contributed by atoms with E-state index in [0.717, 1.165) is 19.3 Å². The molecule has 104 valence electrons. The Bertz CT molecular complexity index is 331. The first kappa shape index (κ1) is 13.6. The Hall–Kier alpha value is -0.850. The average molecular weight is 268 g/mol. The van der Waals surface area contributed by atoms with Crippen LogP contribution >= 0.6 is 0 Å². The zero-order valence-electron chi connectivity index (χ0n) is 9.82. The fraction of sp³-hybridized carbons (Fsp3) is 0.909. The molecule has 18 heavy (non-hydrogen) atoms. The first-order valence-corrected chi connectivity index (χ1v) is 6.08. The second kappa shape index (κ2) is 4.68. The third-order valence-corrected chi connectivity index (χ3v) is 3.85. The average Bonchev–Trinajstić information content (AvgIpc) is 2.27. The van der Waals surface area contributed by atoms with Crippen molar-refractivity contribution in [1.82, 2.24) is 10.6 Å². The van der Waals surface area contributed by atoms with Crippen LogP contribution in [0, 0.1) is 0 Å². The van der Waals surface area contributed by atoms with Crippen molar-refractivity contribution < 1.29 is 22.4 Å². The summed E-state index contributed by atoms with van der Waals surface area (Å²) in [6.07, 6.45) is 0.0397. The number of alkyl halides is 4. The van der Waals surface area contributed by atoms with E-state index in [9.17, 15) is 22.4 Å². The third kappa shape index (κ3) is 2.46. The summed E-state index contributed by atoms with van der Waals surface area (Å²) in [5, 5.41) is 5.36. The molecule has 2 fully saturated rings. The smallest absolute Gasteiger partial charge is 0.348 e. The number of rotatable bonds is 3. The van der Waals surface area contributed by atoms with E-state index in [4.69, 9.17) is 0 Å². The summed E-state index contributed by atoms with van der Waals surface area (Å²) in [4.78, 5) is 11.1. The molecule has 3 nitrogen and oxygen atoms in total. The number of halogens is 4. The Morgan fingerprint density at radius 1 is 1.39 bits per heavy atom. The van der Waals surface area contributed by atoms with Crippen molar-refractivity contribution >= 4 is 5.91 Å². The number of piperidine rings is 1. The topological polar surface area (TPSA) is 41.1 Å². The molecule has 7 heteroatoms. The molecule has 1 atom stereocenters. The molecule has 2 rings (SSSR count). The van der Waals surface area contributed by atoms with Gasteiger partial charge in [-0.3, -0.25) is 4.79 Å². The normalized spacial score (nSPS) is 27.1. The van der Waals surface area contributed by atoms with Crippen molar-refractivity contribution in [1.29, 1.82) is 0 Å². The first-order chi connectivity index (χ1) is 8.36. The predicted octanol–water partition coefficient (Wildman–Crippen LogP) is 1.68. The highest BCUT2D eigenvalue weighted by atomic mass is 19.3. The maximum atomic E-state index is 12.8. The number of nitrogens with one attached hydrogen (secondary N) is 2. The fourth-order valence-corrected chi connectivity index (χ4v) is 2.65. The molecule has 2 N–H and O–H groups in total. The fourth-order valence-electron chi connectivity index (χ4n) is 2.65. The monoisotopic (exact) mass is 268 g/mol. The minimum atomic E-state index is -4.60. The second-order valence-electron chi connectivity index (χ2n) is 5.15. The van der Waals surface area contributed by atoms with Gasteiger partial charge in [-0.25, -0.2) is 8.78 Å². The van der Waals surface area contributed by atoms with E-state index < -0.39 is 24.3 Å². The highest BCUT2D eigenvalue weighted by molar-refractivity contribution is 5.84. The summed E-state index contributed by atoms with van der Waals surface area (Å²) in [6.45, 7) is 0.616. The number of carbonyl (C=O) groups is 1. The molecule has 1 saturated heterocycles. The first-order valence-electron chi connectivity index (χ1n) is 6.08. The van der Waals surface area contributed by atoms with Crippen molar-refractivity contribution in [3.63, 3.8) is 0 Å². The molecule has 0 bridgehead atoms. The number of hydrogen-bond acceptors (Lipinski definition) is 2. The van der Waals surface area contributed by atoms with Crippen molar-refractivity contribution in [2.45, 2.75) is 56.0 Å². The van der Waals surface area contributed by atoms with Gasteiger partial charge in [-0.2, -0.15) is 8.78 Å². The quantitative estimate of drug-likeness (QED) is 0.765. The van der Waals surface area contributed by atoms with Crippen LogP contribution in [0.25, 0.3) is 0 Å². The van der Waals surface area contributed by atoms with E-state index in [0.29, 0.717) is 19.4 Å². The Balaban J connectivity index is 1.91. The minimum Gasteiger partial charge on any atom is -0.348 e. The van der Waals surface area contributed by atoms with Crippen LogP contribution in [0.1, 0.15) is 32.1 Å². The lowest BCUT2D eigenvalue weighted by Crippen LogP contribution is -2.61. The third-order valence-electron chi connectivity index (χ3n) is 3.85. The van der Waals surface area contributed by atoms with Crippen LogP contribution in [0.5, 0.6) is 0 Å². The minimum absolute atomic E-state index is 0.0731. The zero-order valence-corrected chi connectivity index (χ0v) is 9.82. The Morgan fingerprint density at radius 3 is 2.56 bits per heavy atom. The molecule has 1 aliphatic carbocycles. The van der Waals surface area contributed by atoms with Gasteiger partial charge < -0.3 is 10.6 Å². The van der Waals surface area contributed by atoms with Gasteiger partial charge in [-0.05, 0) is 38.6 Å². The molecule has 0 aromatic heterocycles. The standard InChI is InChI=1S/C11H16F4N2O/c12-8(13)11(14,15)9(18)17-7-2-5-16-10(6-7)3-1-4-10/h7-8,16H,1-6H2,(H,17,18). The Morgan fingerprint density at radius 2 is 2.06 bits per heavy atom. The molecule has 2 aliphatic rings. The van der Waals surface area contributed by atoms with Crippen LogP contribution in [0.3, 0.4) is 0 Å². The summed E-state index contributed by atoms with van der Waals surface area (Å²) in [5.41, 5.74) is -0.0731. The Kier molecular flexibility index (Phi) is 3.53. The van der Waals surface area contributed by atoms with Gasteiger partial charge in [-0.1, -0.05) is 0 Å². The molecule has 0 aromatic rings. The van der Waals surface area contributed by atoms with Gasteiger partial charge >= 0.3 is 12.3 Å². The molecular formula is C11H16F4N2O. The van der Waals surface area contributed by atoms with E-state index in [1.54, 1.807) is 0 Å². The van der Waals surface area contributed by atoms with E-state index in [-0.39, 0.29) is 5.54 Å². The molecule has 0 aromatic carbocycles.